The molecular formula is C16H18N2O3. The van der Waals surface area contributed by atoms with Crippen LogP contribution < -0.4 is 10.1 Å². The maximum absolute atomic E-state index is 12.1. The van der Waals surface area contributed by atoms with E-state index in [4.69, 9.17) is 4.74 Å². The first-order valence-corrected chi connectivity index (χ1v) is 6.73. The first kappa shape index (κ1) is 14.8. The number of hydrogen-bond acceptors (Lipinski definition) is 4. The van der Waals surface area contributed by atoms with Gasteiger partial charge in [0.1, 0.15) is 11.5 Å². The zero-order valence-electron chi connectivity index (χ0n) is 12.0. The Morgan fingerprint density at radius 3 is 2.81 bits per heavy atom. The number of benzene rings is 1. The van der Waals surface area contributed by atoms with E-state index in [1.807, 2.05) is 12.1 Å². The standard InChI is InChI=1S/C16H18N2O3/c1-11(2)10-21-15-6-4-3-5-14(15)18-16(20)12-7-13(19)9-17-8-12/h3-9,11,19H,10H2,1-2H3,(H,18,20). The molecule has 0 fully saturated rings. The minimum atomic E-state index is -0.348. The van der Waals surface area contributed by atoms with Gasteiger partial charge in [0.05, 0.1) is 24.1 Å². The van der Waals surface area contributed by atoms with E-state index in [9.17, 15) is 9.90 Å². The summed E-state index contributed by atoms with van der Waals surface area (Å²) in [6.45, 7) is 4.68. The SMILES string of the molecule is CC(C)COc1ccccc1NC(=O)c1cncc(O)c1. The molecule has 0 aliphatic rings. The number of anilines is 1. The van der Waals surface area contributed by atoms with Crippen molar-refractivity contribution in [1.29, 1.82) is 0 Å². The molecule has 110 valence electrons. The third kappa shape index (κ3) is 4.21. The second-order valence-electron chi connectivity index (χ2n) is 5.09. The summed E-state index contributed by atoms with van der Waals surface area (Å²) >= 11 is 0. The Labute approximate surface area is 123 Å². The van der Waals surface area contributed by atoms with Gasteiger partial charge in [0.25, 0.3) is 5.91 Å². The maximum Gasteiger partial charge on any atom is 0.257 e. The van der Waals surface area contributed by atoms with E-state index in [1.54, 1.807) is 12.1 Å². The van der Waals surface area contributed by atoms with Crippen LogP contribution in [0.2, 0.25) is 0 Å². The van der Waals surface area contributed by atoms with Gasteiger partial charge >= 0.3 is 0 Å². The van der Waals surface area contributed by atoms with Gasteiger partial charge in [0, 0.05) is 6.20 Å². The van der Waals surface area contributed by atoms with Crippen molar-refractivity contribution in [3.05, 3.63) is 48.3 Å². The first-order chi connectivity index (χ1) is 10.1. The van der Waals surface area contributed by atoms with Gasteiger partial charge in [0.15, 0.2) is 0 Å². The first-order valence-electron chi connectivity index (χ1n) is 6.73. The smallest absolute Gasteiger partial charge is 0.257 e. The Hall–Kier alpha value is -2.56. The average molecular weight is 286 g/mol. The summed E-state index contributed by atoms with van der Waals surface area (Å²) in [5.74, 6) is 0.614. The van der Waals surface area contributed by atoms with Gasteiger partial charge in [-0.2, -0.15) is 0 Å². The molecule has 1 heterocycles. The number of para-hydroxylation sites is 2. The Bertz CT molecular complexity index is 626. The van der Waals surface area contributed by atoms with Crippen molar-refractivity contribution in [3.8, 4) is 11.5 Å². The van der Waals surface area contributed by atoms with Crippen molar-refractivity contribution in [1.82, 2.24) is 4.98 Å². The molecule has 5 nitrogen and oxygen atoms in total. The molecule has 2 aromatic rings. The predicted octanol–water partition coefficient (Wildman–Crippen LogP) is 3.07. The third-order valence-corrected chi connectivity index (χ3v) is 2.69. The highest BCUT2D eigenvalue weighted by molar-refractivity contribution is 6.05. The molecule has 5 heteroatoms. The van der Waals surface area contributed by atoms with Crippen LogP contribution in [0.1, 0.15) is 24.2 Å². The number of aromatic hydroxyl groups is 1. The van der Waals surface area contributed by atoms with Gasteiger partial charge in [0.2, 0.25) is 0 Å². The minimum Gasteiger partial charge on any atom is -0.506 e. The minimum absolute atomic E-state index is 0.0491. The number of nitrogens with zero attached hydrogens (tertiary/aromatic N) is 1. The van der Waals surface area contributed by atoms with Crippen LogP contribution in [0, 0.1) is 5.92 Å². The molecule has 0 unspecified atom stereocenters. The van der Waals surface area contributed by atoms with Gasteiger partial charge in [-0.05, 0) is 24.1 Å². The van der Waals surface area contributed by atoms with E-state index in [2.05, 4.69) is 24.1 Å². The Kier molecular flexibility index (Phi) is 4.77. The highest BCUT2D eigenvalue weighted by Crippen LogP contribution is 2.25. The second-order valence-corrected chi connectivity index (χ2v) is 5.09. The van der Waals surface area contributed by atoms with Gasteiger partial charge in [-0.25, -0.2) is 0 Å². The monoisotopic (exact) mass is 286 g/mol. The van der Waals surface area contributed by atoms with Crippen LogP contribution in [0.3, 0.4) is 0 Å². The molecule has 0 spiro atoms. The molecule has 1 aromatic carbocycles. The molecule has 0 aliphatic carbocycles. The summed E-state index contributed by atoms with van der Waals surface area (Å²) in [6.07, 6.45) is 2.67. The molecule has 2 N–H and O–H groups in total. The molecule has 0 aliphatic heterocycles. The predicted molar refractivity (Wildman–Crippen MR) is 80.6 cm³/mol. The normalized spacial score (nSPS) is 10.4. The zero-order valence-corrected chi connectivity index (χ0v) is 12.0. The van der Waals surface area contributed by atoms with Crippen LogP contribution in [0.4, 0.5) is 5.69 Å². The Morgan fingerprint density at radius 2 is 2.10 bits per heavy atom. The van der Waals surface area contributed by atoms with E-state index in [-0.39, 0.29) is 17.2 Å². The zero-order chi connectivity index (χ0) is 15.2. The largest absolute Gasteiger partial charge is 0.506 e. The number of hydrogen-bond donors (Lipinski definition) is 2. The number of nitrogens with one attached hydrogen (secondary N) is 1. The lowest BCUT2D eigenvalue weighted by Gasteiger charge is -2.13. The summed E-state index contributed by atoms with van der Waals surface area (Å²) in [6, 6.07) is 8.60. The van der Waals surface area contributed by atoms with Crippen LogP contribution in [-0.4, -0.2) is 22.6 Å². The summed E-state index contributed by atoms with van der Waals surface area (Å²) in [5, 5.41) is 12.1. The van der Waals surface area contributed by atoms with E-state index >= 15 is 0 Å². The van der Waals surface area contributed by atoms with Crippen molar-refractivity contribution in [2.75, 3.05) is 11.9 Å². The quantitative estimate of drug-likeness (QED) is 0.886. The van der Waals surface area contributed by atoms with Gasteiger partial charge in [-0.3, -0.25) is 9.78 Å². The lowest BCUT2D eigenvalue weighted by atomic mass is 10.2. The third-order valence-electron chi connectivity index (χ3n) is 2.69. The molecule has 1 aromatic heterocycles. The van der Waals surface area contributed by atoms with Crippen molar-refractivity contribution < 1.29 is 14.6 Å². The van der Waals surface area contributed by atoms with E-state index in [0.717, 1.165) is 0 Å². The molecular weight excluding hydrogens is 268 g/mol. The van der Waals surface area contributed by atoms with Gasteiger partial charge in [-0.15, -0.1) is 0 Å². The summed E-state index contributed by atoms with van der Waals surface area (Å²) in [4.78, 5) is 15.9. The van der Waals surface area contributed by atoms with Crippen molar-refractivity contribution in [2.24, 2.45) is 5.92 Å². The molecule has 2 rings (SSSR count). The highest BCUT2D eigenvalue weighted by Gasteiger charge is 2.11. The van der Waals surface area contributed by atoms with E-state index < -0.39 is 0 Å². The number of carbonyl (C=O) groups excluding carboxylic acids is 1. The summed E-state index contributed by atoms with van der Waals surface area (Å²) in [5.41, 5.74) is 0.875. The molecule has 0 bridgehead atoms. The number of rotatable bonds is 5. The van der Waals surface area contributed by atoms with Gasteiger partial charge < -0.3 is 15.2 Å². The summed E-state index contributed by atoms with van der Waals surface area (Å²) < 4.78 is 5.68. The molecule has 0 atom stereocenters. The van der Waals surface area contributed by atoms with Crippen LogP contribution in [0.25, 0.3) is 0 Å². The van der Waals surface area contributed by atoms with Crippen molar-refractivity contribution in [2.45, 2.75) is 13.8 Å². The second kappa shape index (κ2) is 6.74. The molecule has 0 saturated carbocycles. The molecule has 1 amide bonds. The summed E-state index contributed by atoms with van der Waals surface area (Å²) in [7, 11) is 0. The van der Waals surface area contributed by atoms with Crippen LogP contribution in [0.5, 0.6) is 11.5 Å². The van der Waals surface area contributed by atoms with Crippen molar-refractivity contribution >= 4 is 11.6 Å². The number of ether oxygens (including phenoxy) is 1. The van der Waals surface area contributed by atoms with E-state index in [1.165, 1.54) is 18.5 Å². The number of pyridine rings is 1. The highest BCUT2D eigenvalue weighted by atomic mass is 16.5. The van der Waals surface area contributed by atoms with Crippen molar-refractivity contribution in [3.63, 3.8) is 0 Å². The Balaban J connectivity index is 2.13. The Morgan fingerprint density at radius 1 is 1.33 bits per heavy atom. The average Bonchev–Trinajstić information content (AvgIpc) is 2.46. The van der Waals surface area contributed by atoms with E-state index in [0.29, 0.717) is 24.0 Å². The van der Waals surface area contributed by atoms with Crippen LogP contribution in [0.15, 0.2) is 42.7 Å². The number of carbonyl (C=O) groups is 1. The fourth-order valence-corrected chi connectivity index (χ4v) is 1.70. The maximum atomic E-state index is 12.1. The molecule has 0 radical (unpaired) electrons. The topological polar surface area (TPSA) is 71.5 Å². The molecule has 21 heavy (non-hydrogen) atoms. The lowest BCUT2D eigenvalue weighted by molar-refractivity contribution is 0.102. The van der Waals surface area contributed by atoms with Crippen LogP contribution in [-0.2, 0) is 0 Å². The molecule has 0 saturated heterocycles. The number of amides is 1. The fourth-order valence-electron chi connectivity index (χ4n) is 1.70. The van der Waals surface area contributed by atoms with Crippen LogP contribution >= 0.6 is 0 Å². The lowest BCUT2D eigenvalue weighted by Crippen LogP contribution is -2.14. The number of aromatic nitrogens is 1. The fraction of sp³-hybridized carbons (Fsp3) is 0.250. The van der Waals surface area contributed by atoms with Gasteiger partial charge in [-0.1, -0.05) is 26.0 Å².